The van der Waals surface area contributed by atoms with E-state index in [1.54, 1.807) is 6.07 Å². The Kier molecular flexibility index (Phi) is 2.67. The van der Waals surface area contributed by atoms with Gasteiger partial charge in [0.2, 0.25) is 0 Å². The molecule has 88 valence electrons. The molecule has 1 heterocycles. The fourth-order valence-corrected chi connectivity index (χ4v) is 2.59. The number of fused-ring (bicyclic) bond motifs is 1. The summed E-state index contributed by atoms with van der Waals surface area (Å²) in [6.45, 7) is 3.90. The van der Waals surface area contributed by atoms with Gasteiger partial charge in [0, 0.05) is 6.42 Å². The molecule has 0 fully saturated rings. The summed E-state index contributed by atoms with van der Waals surface area (Å²) in [4.78, 5) is 0.227. The number of benzene rings is 1. The average Bonchev–Trinajstić information content (AvgIpc) is 2.49. The third-order valence-electron chi connectivity index (χ3n) is 2.55. The van der Waals surface area contributed by atoms with E-state index in [9.17, 15) is 8.76 Å². The summed E-state index contributed by atoms with van der Waals surface area (Å²) >= 11 is -2.11. The smallest absolute Gasteiger partial charge is 0.194 e. The minimum Gasteiger partial charge on any atom is -0.495 e. The van der Waals surface area contributed by atoms with Crippen LogP contribution in [0.5, 0.6) is 11.5 Å². The molecule has 1 N–H and O–H groups in total. The Morgan fingerprint density at radius 2 is 2.19 bits per heavy atom. The highest BCUT2D eigenvalue weighted by atomic mass is 32.2. The molecule has 1 aliphatic heterocycles. The van der Waals surface area contributed by atoms with E-state index in [0.29, 0.717) is 11.5 Å². The number of hydrogen-bond acceptors (Lipinski definition) is 3. The van der Waals surface area contributed by atoms with Crippen LogP contribution in [-0.2, 0) is 17.5 Å². The number of methoxy groups -OCH3 is 1. The van der Waals surface area contributed by atoms with Crippen molar-refractivity contribution in [2.45, 2.75) is 30.8 Å². The van der Waals surface area contributed by atoms with Gasteiger partial charge in [-0.15, -0.1) is 0 Å². The summed E-state index contributed by atoms with van der Waals surface area (Å²) in [5.74, 6) is 0.877. The largest absolute Gasteiger partial charge is 0.495 e. The molecular weight excluding hydrogens is 228 g/mol. The molecule has 0 spiro atoms. The van der Waals surface area contributed by atoms with Gasteiger partial charge in [-0.2, -0.15) is 0 Å². The van der Waals surface area contributed by atoms with Crippen LogP contribution in [0, 0.1) is 0 Å². The predicted octanol–water partition coefficient (Wildman–Crippen LogP) is 1.99. The van der Waals surface area contributed by atoms with Gasteiger partial charge in [0.1, 0.15) is 17.1 Å². The van der Waals surface area contributed by atoms with E-state index in [0.717, 1.165) is 12.0 Å². The van der Waals surface area contributed by atoms with E-state index < -0.39 is 11.1 Å². The first-order chi connectivity index (χ1) is 7.44. The zero-order valence-electron chi connectivity index (χ0n) is 9.44. The molecule has 1 unspecified atom stereocenters. The summed E-state index contributed by atoms with van der Waals surface area (Å²) in [6, 6.07) is 3.58. The van der Waals surface area contributed by atoms with Crippen molar-refractivity contribution >= 4 is 11.1 Å². The van der Waals surface area contributed by atoms with Gasteiger partial charge in [0.15, 0.2) is 16.0 Å². The minimum absolute atomic E-state index is 0.227. The predicted molar refractivity (Wildman–Crippen MR) is 60.4 cm³/mol. The maximum atomic E-state index is 11.3. The van der Waals surface area contributed by atoms with Crippen LogP contribution in [0.3, 0.4) is 0 Å². The fraction of sp³-hybridized carbons (Fsp3) is 0.455. The summed E-state index contributed by atoms with van der Waals surface area (Å²) in [6.07, 6.45) is 0.733. The monoisotopic (exact) mass is 242 g/mol. The van der Waals surface area contributed by atoms with E-state index in [2.05, 4.69) is 0 Å². The Balaban J connectivity index is 2.59. The highest BCUT2D eigenvalue weighted by Gasteiger charge is 2.34. The third kappa shape index (κ3) is 1.81. The molecule has 0 saturated heterocycles. The second-order valence-corrected chi connectivity index (χ2v) is 5.28. The molecule has 1 atom stereocenters. The lowest BCUT2D eigenvalue weighted by molar-refractivity contribution is 0.134. The van der Waals surface area contributed by atoms with Crippen LogP contribution in [0.25, 0.3) is 0 Å². The highest BCUT2D eigenvalue weighted by Crippen LogP contribution is 2.42. The second kappa shape index (κ2) is 3.75. The lowest BCUT2D eigenvalue weighted by atomic mass is 10.0. The maximum absolute atomic E-state index is 11.3. The summed E-state index contributed by atoms with van der Waals surface area (Å²) < 4.78 is 31.3. The van der Waals surface area contributed by atoms with Gasteiger partial charge in [-0.05, 0) is 25.5 Å². The van der Waals surface area contributed by atoms with Crippen LogP contribution < -0.4 is 9.47 Å². The quantitative estimate of drug-likeness (QED) is 0.806. The Hall–Kier alpha value is -1.07. The standard InChI is InChI=1S/C11H14O4S/c1-11(2)6-7-4-5-8(14-3)10(16(12)13)9(7)15-11/h4-5H,6H2,1-3H3,(H,12,13). The molecule has 0 saturated carbocycles. The molecule has 0 aliphatic carbocycles. The van der Waals surface area contributed by atoms with Gasteiger partial charge in [0.05, 0.1) is 7.11 Å². The third-order valence-corrected chi connectivity index (χ3v) is 3.28. The number of hydrogen-bond donors (Lipinski definition) is 1. The van der Waals surface area contributed by atoms with E-state index in [4.69, 9.17) is 9.47 Å². The summed E-state index contributed by atoms with van der Waals surface area (Å²) in [5, 5.41) is 0. The van der Waals surface area contributed by atoms with E-state index in [1.807, 2.05) is 19.9 Å². The topological polar surface area (TPSA) is 55.8 Å². The Labute approximate surface area is 96.9 Å². The molecule has 2 rings (SSSR count). The first kappa shape index (κ1) is 11.4. The van der Waals surface area contributed by atoms with E-state index >= 15 is 0 Å². The van der Waals surface area contributed by atoms with Crippen LogP contribution in [0.15, 0.2) is 17.0 Å². The Morgan fingerprint density at radius 3 is 2.75 bits per heavy atom. The van der Waals surface area contributed by atoms with Gasteiger partial charge in [-0.1, -0.05) is 6.07 Å². The van der Waals surface area contributed by atoms with Crippen LogP contribution >= 0.6 is 0 Å². The van der Waals surface area contributed by atoms with E-state index in [-0.39, 0.29) is 10.5 Å². The lowest BCUT2D eigenvalue weighted by Crippen LogP contribution is -2.24. The first-order valence-corrected chi connectivity index (χ1v) is 6.05. The van der Waals surface area contributed by atoms with Crippen molar-refractivity contribution < 1.29 is 18.2 Å². The molecule has 1 aromatic rings. The molecule has 4 nitrogen and oxygen atoms in total. The van der Waals surface area contributed by atoms with E-state index in [1.165, 1.54) is 7.11 Å². The van der Waals surface area contributed by atoms with Crippen LogP contribution in [-0.4, -0.2) is 21.5 Å². The molecule has 1 aromatic carbocycles. The molecule has 0 aromatic heterocycles. The van der Waals surface area contributed by atoms with Crippen molar-refractivity contribution in [1.29, 1.82) is 0 Å². The van der Waals surface area contributed by atoms with Gasteiger partial charge in [0.25, 0.3) is 0 Å². The van der Waals surface area contributed by atoms with Crippen molar-refractivity contribution in [2.24, 2.45) is 0 Å². The Morgan fingerprint density at radius 1 is 1.50 bits per heavy atom. The number of ether oxygens (including phenoxy) is 2. The molecule has 0 radical (unpaired) electrons. The maximum Gasteiger partial charge on any atom is 0.194 e. The van der Waals surface area contributed by atoms with Crippen LogP contribution in [0.2, 0.25) is 0 Å². The average molecular weight is 242 g/mol. The van der Waals surface area contributed by atoms with Crippen LogP contribution in [0.1, 0.15) is 19.4 Å². The van der Waals surface area contributed by atoms with Crippen molar-refractivity contribution in [3.8, 4) is 11.5 Å². The lowest BCUT2D eigenvalue weighted by Gasteiger charge is -2.18. The van der Waals surface area contributed by atoms with Gasteiger partial charge in [-0.25, -0.2) is 4.21 Å². The van der Waals surface area contributed by atoms with Crippen molar-refractivity contribution in [3.05, 3.63) is 17.7 Å². The summed E-state index contributed by atoms with van der Waals surface area (Å²) in [5.41, 5.74) is 0.617. The van der Waals surface area contributed by atoms with Crippen LogP contribution in [0.4, 0.5) is 0 Å². The summed E-state index contributed by atoms with van der Waals surface area (Å²) in [7, 11) is 1.47. The Bertz CT molecular complexity index is 454. The molecule has 0 bridgehead atoms. The van der Waals surface area contributed by atoms with Crippen molar-refractivity contribution in [2.75, 3.05) is 7.11 Å². The molecule has 0 amide bonds. The fourth-order valence-electron chi connectivity index (χ4n) is 1.93. The molecule has 16 heavy (non-hydrogen) atoms. The van der Waals surface area contributed by atoms with Gasteiger partial charge < -0.3 is 14.0 Å². The zero-order valence-corrected chi connectivity index (χ0v) is 10.3. The molecule has 5 heteroatoms. The number of rotatable bonds is 2. The SMILES string of the molecule is COc1ccc2c(c1S(=O)O)OC(C)(C)C2. The van der Waals surface area contributed by atoms with Gasteiger partial charge in [-0.3, -0.25) is 0 Å². The molecular formula is C11H14O4S. The molecule has 1 aliphatic rings. The second-order valence-electron chi connectivity index (χ2n) is 4.37. The highest BCUT2D eigenvalue weighted by molar-refractivity contribution is 7.79. The van der Waals surface area contributed by atoms with Gasteiger partial charge >= 0.3 is 0 Å². The van der Waals surface area contributed by atoms with Crippen molar-refractivity contribution in [1.82, 2.24) is 0 Å². The zero-order chi connectivity index (χ0) is 11.9. The normalized spacial score (nSPS) is 18.8. The van der Waals surface area contributed by atoms with Crippen molar-refractivity contribution in [3.63, 3.8) is 0 Å². The first-order valence-electron chi connectivity index (χ1n) is 4.94. The minimum atomic E-state index is -2.11.